The molecule has 0 aliphatic heterocycles. The Balaban J connectivity index is 2.66. The molecule has 0 aliphatic carbocycles. The third kappa shape index (κ3) is 2.92. The quantitative estimate of drug-likeness (QED) is 0.700. The molecule has 13 heavy (non-hydrogen) atoms. The summed E-state index contributed by atoms with van der Waals surface area (Å²) in [6, 6.07) is 0. The Morgan fingerprint density at radius 2 is 2.46 bits per heavy atom. The summed E-state index contributed by atoms with van der Waals surface area (Å²) in [6.07, 6.45) is 5.57. The molecule has 0 amide bonds. The zero-order chi connectivity index (χ0) is 9.52. The monoisotopic (exact) mass is 177 g/mol. The Labute approximate surface area is 79.0 Å². The van der Waals surface area contributed by atoms with E-state index in [-0.39, 0.29) is 0 Å². The van der Waals surface area contributed by atoms with Crippen LogP contribution in [0.5, 0.6) is 0 Å². The molecule has 2 N–H and O–H groups in total. The zero-order valence-electron chi connectivity index (χ0n) is 7.95. The molecule has 0 radical (unpaired) electrons. The molecular formula is C10H15N3. The van der Waals surface area contributed by atoms with Crippen molar-refractivity contribution in [1.82, 2.24) is 9.55 Å². The highest BCUT2D eigenvalue weighted by atomic mass is 15.0. The Morgan fingerprint density at radius 3 is 3.15 bits per heavy atom. The molecule has 70 valence electrons. The maximum atomic E-state index is 5.33. The highest BCUT2D eigenvalue weighted by molar-refractivity contribution is 5.21. The summed E-state index contributed by atoms with van der Waals surface area (Å²) in [5.41, 5.74) is 5.33. The first kappa shape index (κ1) is 9.82. The highest BCUT2D eigenvalue weighted by Gasteiger charge is 1.95. The number of nitrogens with two attached hydrogens (primary N) is 1. The predicted molar refractivity (Wildman–Crippen MR) is 53.1 cm³/mol. The van der Waals surface area contributed by atoms with Gasteiger partial charge in [-0.05, 0) is 12.3 Å². The molecule has 0 unspecified atom stereocenters. The minimum absolute atomic E-state index is 0.613. The van der Waals surface area contributed by atoms with E-state index in [9.17, 15) is 0 Å². The number of hydrogen-bond donors (Lipinski definition) is 1. The van der Waals surface area contributed by atoms with Crippen LogP contribution in [0.25, 0.3) is 0 Å². The zero-order valence-corrected chi connectivity index (χ0v) is 7.95. The molecule has 0 aromatic carbocycles. The molecule has 0 atom stereocenters. The molecule has 0 saturated carbocycles. The summed E-state index contributed by atoms with van der Waals surface area (Å²) in [5, 5.41) is 0. The second-order valence-electron chi connectivity index (χ2n) is 2.78. The number of aryl methyl sites for hydroxylation is 1. The van der Waals surface area contributed by atoms with Gasteiger partial charge in [-0.25, -0.2) is 4.98 Å². The van der Waals surface area contributed by atoms with E-state index in [2.05, 4.69) is 28.3 Å². The lowest BCUT2D eigenvalue weighted by molar-refractivity contribution is 0.671. The minimum atomic E-state index is 0.613. The van der Waals surface area contributed by atoms with Crippen LogP contribution in [0.4, 0.5) is 0 Å². The van der Waals surface area contributed by atoms with Crippen LogP contribution >= 0.6 is 0 Å². The molecule has 0 spiro atoms. The molecule has 3 heteroatoms. The van der Waals surface area contributed by atoms with Gasteiger partial charge in [0.2, 0.25) is 0 Å². The molecule has 3 nitrogen and oxygen atoms in total. The Morgan fingerprint density at radius 1 is 1.62 bits per heavy atom. The number of hydrogen-bond acceptors (Lipinski definition) is 2. The van der Waals surface area contributed by atoms with Crippen molar-refractivity contribution in [3.8, 4) is 11.8 Å². The van der Waals surface area contributed by atoms with Crippen LogP contribution in [0.1, 0.15) is 25.6 Å². The average Bonchev–Trinajstić information content (AvgIpc) is 2.54. The van der Waals surface area contributed by atoms with Crippen LogP contribution in [0.15, 0.2) is 12.4 Å². The molecule has 1 aromatic heterocycles. The van der Waals surface area contributed by atoms with Gasteiger partial charge >= 0.3 is 0 Å². The molecule has 0 fully saturated rings. The lowest BCUT2D eigenvalue weighted by atomic mass is 10.4. The number of nitrogens with zero attached hydrogens (tertiary/aromatic N) is 2. The first-order chi connectivity index (χ1) is 6.38. The van der Waals surface area contributed by atoms with Crippen LogP contribution in [-0.4, -0.2) is 16.1 Å². The van der Waals surface area contributed by atoms with Gasteiger partial charge in [0.1, 0.15) is 0 Å². The van der Waals surface area contributed by atoms with E-state index in [1.54, 1.807) is 6.20 Å². The topological polar surface area (TPSA) is 43.8 Å². The van der Waals surface area contributed by atoms with Gasteiger partial charge in [-0.2, -0.15) is 0 Å². The molecular weight excluding hydrogens is 162 g/mol. The third-order valence-corrected chi connectivity index (χ3v) is 1.65. The van der Waals surface area contributed by atoms with Gasteiger partial charge < -0.3 is 10.3 Å². The molecule has 1 rings (SSSR count). The van der Waals surface area contributed by atoms with E-state index in [0.29, 0.717) is 6.54 Å². The maximum absolute atomic E-state index is 5.33. The number of imidazole rings is 1. The minimum Gasteiger partial charge on any atom is -0.330 e. The van der Waals surface area contributed by atoms with Crippen molar-refractivity contribution in [2.75, 3.05) is 6.54 Å². The van der Waals surface area contributed by atoms with Crippen molar-refractivity contribution in [3.63, 3.8) is 0 Å². The second kappa shape index (κ2) is 5.39. The van der Waals surface area contributed by atoms with E-state index in [1.165, 1.54) is 0 Å². The normalized spacial score (nSPS) is 9.38. The fourth-order valence-electron chi connectivity index (χ4n) is 1.07. The van der Waals surface area contributed by atoms with Gasteiger partial charge in [-0.1, -0.05) is 12.8 Å². The summed E-state index contributed by atoms with van der Waals surface area (Å²) in [4.78, 5) is 4.16. The van der Waals surface area contributed by atoms with Crippen molar-refractivity contribution in [3.05, 3.63) is 18.2 Å². The van der Waals surface area contributed by atoms with Crippen molar-refractivity contribution >= 4 is 0 Å². The standard InChI is InChI=1S/C10H15N3/c1-2-8-13-9-7-12-10(13)5-3-4-6-11/h7,9H,2,4,6,8,11H2,1H3. The van der Waals surface area contributed by atoms with Gasteiger partial charge in [0.25, 0.3) is 0 Å². The summed E-state index contributed by atoms with van der Waals surface area (Å²) < 4.78 is 2.06. The summed E-state index contributed by atoms with van der Waals surface area (Å²) in [6.45, 7) is 3.73. The van der Waals surface area contributed by atoms with Gasteiger partial charge in [-0.15, -0.1) is 0 Å². The first-order valence-corrected chi connectivity index (χ1v) is 4.58. The predicted octanol–water partition coefficient (Wildman–Crippen LogP) is 0.993. The second-order valence-corrected chi connectivity index (χ2v) is 2.78. The smallest absolute Gasteiger partial charge is 0.185 e. The molecule has 1 heterocycles. The first-order valence-electron chi connectivity index (χ1n) is 4.58. The van der Waals surface area contributed by atoms with Gasteiger partial charge in [0.05, 0.1) is 0 Å². The third-order valence-electron chi connectivity index (χ3n) is 1.65. The van der Waals surface area contributed by atoms with E-state index < -0.39 is 0 Å². The lowest BCUT2D eigenvalue weighted by Crippen LogP contribution is -1.99. The lowest BCUT2D eigenvalue weighted by Gasteiger charge is -1.98. The van der Waals surface area contributed by atoms with Crippen molar-refractivity contribution in [2.45, 2.75) is 26.3 Å². The van der Waals surface area contributed by atoms with Crippen molar-refractivity contribution in [2.24, 2.45) is 5.73 Å². The molecule has 1 aromatic rings. The van der Waals surface area contributed by atoms with E-state index in [1.807, 2.05) is 6.20 Å². The summed E-state index contributed by atoms with van der Waals surface area (Å²) in [7, 11) is 0. The van der Waals surface area contributed by atoms with Crippen molar-refractivity contribution < 1.29 is 0 Å². The van der Waals surface area contributed by atoms with E-state index in [0.717, 1.165) is 25.2 Å². The molecule has 0 bridgehead atoms. The van der Waals surface area contributed by atoms with Crippen LogP contribution in [0.3, 0.4) is 0 Å². The van der Waals surface area contributed by atoms with Gasteiger partial charge in [0.15, 0.2) is 5.82 Å². The van der Waals surface area contributed by atoms with E-state index >= 15 is 0 Å². The Kier molecular flexibility index (Phi) is 4.07. The van der Waals surface area contributed by atoms with Gasteiger partial charge in [-0.3, -0.25) is 0 Å². The average molecular weight is 177 g/mol. The summed E-state index contributed by atoms with van der Waals surface area (Å²) in [5.74, 6) is 6.82. The van der Waals surface area contributed by atoms with Gasteiger partial charge in [0, 0.05) is 31.9 Å². The largest absolute Gasteiger partial charge is 0.330 e. The number of aromatic nitrogens is 2. The molecule has 0 aliphatic rings. The van der Waals surface area contributed by atoms with Crippen LogP contribution in [0, 0.1) is 11.8 Å². The van der Waals surface area contributed by atoms with Crippen LogP contribution in [-0.2, 0) is 6.54 Å². The fraction of sp³-hybridized carbons (Fsp3) is 0.500. The van der Waals surface area contributed by atoms with Crippen LogP contribution in [0.2, 0.25) is 0 Å². The van der Waals surface area contributed by atoms with E-state index in [4.69, 9.17) is 5.73 Å². The molecule has 0 saturated heterocycles. The van der Waals surface area contributed by atoms with Crippen molar-refractivity contribution in [1.29, 1.82) is 0 Å². The van der Waals surface area contributed by atoms with Crippen LogP contribution < -0.4 is 5.73 Å². The highest BCUT2D eigenvalue weighted by Crippen LogP contribution is 1.97. The Bertz CT molecular complexity index is 303. The SMILES string of the molecule is CCCn1ccnc1C#CCCN. The fourth-order valence-corrected chi connectivity index (χ4v) is 1.07. The summed E-state index contributed by atoms with van der Waals surface area (Å²) >= 11 is 0. The number of rotatable bonds is 3. The Hall–Kier alpha value is -1.27. The maximum Gasteiger partial charge on any atom is 0.185 e.